The zero-order chi connectivity index (χ0) is 11.6. The van der Waals surface area contributed by atoms with Gasteiger partial charge in [-0.25, -0.2) is 9.97 Å². The molecule has 4 nitrogen and oxygen atoms in total. The lowest BCUT2D eigenvalue weighted by molar-refractivity contribution is 0.111. The molecule has 0 saturated carbocycles. The number of hydrogen-bond acceptors (Lipinski definition) is 4. The van der Waals surface area contributed by atoms with Crippen molar-refractivity contribution >= 4 is 5.82 Å². The molecule has 1 aromatic rings. The molecule has 15 heavy (non-hydrogen) atoms. The van der Waals surface area contributed by atoms with E-state index in [1.54, 1.807) is 7.11 Å². The monoisotopic (exact) mass is 209 g/mol. The molecule has 0 bridgehead atoms. The molecule has 0 amide bonds. The molecule has 0 spiro atoms. The summed E-state index contributed by atoms with van der Waals surface area (Å²) >= 11 is 0. The van der Waals surface area contributed by atoms with Crippen LogP contribution in [0.4, 0.5) is 5.82 Å². The average Bonchev–Trinajstić information content (AvgIpc) is 2.14. The molecule has 0 aliphatic carbocycles. The molecule has 1 aromatic heterocycles. The van der Waals surface area contributed by atoms with Crippen molar-refractivity contribution in [3.05, 3.63) is 17.6 Å². The van der Waals surface area contributed by atoms with Crippen LogP contribution in [-0.2, 0) is 10.2 Å². The normalized spacial score (nSPS) is 13.9. The van der Waals surface area contributed by atoms with Gasteiger partial charge in [0.1, 0.15) is 11.9 Å². The third-order valence-electron chi connectivity index (χ3n) is 2.25. The topological polar surface area (TPSA) is 61.0 Å². The highest BCUT2D eigenvalue weighted by Crippen LogP contribution is 2.23. The number of ether oxygens (including phenoxy) is 1. The lowest BCUT2D eigenvalue weighted by atomic mass is 9.92. The number of anilines is 1. The fraction of sp³-hybridized carbons (Fsp3) is 0.636. The van der Waals surface area contributed by atoms with E-state index in [0.717, 1.165) is 5.69 Å². The first-order valence-corrected chi connectivity index (χ1v) is 5.02. The van der Waals surface area contributed by atoms with Gasteiger partial charge in [-0.05, 0) is 6.92 Å². The van der Waals surface area contributed by atoms with Crippen molar-refractivity contribution in [1.82, 2.24) is 9.97 Å². The largest absolute Gasteiger partial charge is 0.384 e. The smallest absolute Gasteiger partial charge is 0.159 e. The molecule has 0 radical (unpaired) electrons. The van der Waals surface area contributed by atoms with Crippen LogP contribution in [0.1, 0.15) is 45.3 Å². The van der Waals surface area contributed by atoms with E-state index in [2.05, 4.69) is 30.7 Å². The van der Waals surface area contributed by atoms with Crippen LogP contribution >= 0.6 is 0 Å². The molecule has 0 saturated heterocycles. The minimum absolute atomic E-state index is 0.0285. The van der Waals surface area contributed by atoms with Crippen LogP contribution in [-0.4, -0.2) is 17.1 Å². The lowest BCUT2D eigenvalue weighted by Crippen LogP contribution is -2.17. The predicted molar refractivity (Wildman–Crippen MR) is 60.6 cm³/mol. The number of rotatable bonds is 2. The highest BCUT2D eigenvalue weighted by molar-refractivity contribution is 5.32. The van der Waals surface area contributed by atoms with E-state index >= 15 is 0 Å². The molecule has 1 heterocycles. The van der Waals surface area contributed by atoms with E-state index in [1.165, 1.54) is 0 Å². The minimum atomic E-state index is -0.130. The van der Waals surface area contributed by atoms with Crippen LogP contribution < -0.4 is 5.73 Å². The molecule has 4 heteroatoms. The van der Waals surface area contributed by atoms with Gasteiger partial charge >= 0.3 is 0 Å². The first kappa shape index (κ1) is 11.9. The summed E-state index contributed by atoms with van der Waals surface area (Å²) in [6.07, 6.45) is -0.130. The van der Waals surface area contributed by atoms with Gasteiger partial charge in [-0.15, -0.1) is 0 Å². The summed E-state index contributed by atoms with van der Waals surface area (Å²) in [5, 5.41) is 0. The fourth-order valence-corrected chi connectivity index (χ4v) is 1.16. The van der Waals surface area contributed by atoms with Crippen LogP contribution in [0.25, 0.3) is 0 Å². The molecular weight excluding hydrogens is 190 g/mol. The second kappa shape index (κ2) is 4.14. The molecule has 1 atom stereocenters. The van der Waals surface area contributed by atoms with Crippen molar-refractivity contribution in [2.75, 3.05) is 12.8 Å². The zero-order valence-electron chi connectivity index (χ0n) is 10.0. The summed E-state index contributed by atoms with van der Waals surface area (Å²) < 4.78 is 5.18. The summed E-state index contributed by atoms with van der Waals surface area (Å²) in [5.41, 5.74) is 6.65. The Labute approximate surface area is 90.9 Å². The molecular formula is C11H19N3O. The van der Waals surface area contributed by atoms with Crippen molar-refractivity contribution in [2.24, 2.45) is 0 Å². The molecule has 0 aliphatic heterocycles. The van der Waals surface area contributed by atoms with Crippen molar-refractivity contribution in [1.29, 1.82) is 0 Å². The maximum atomic E-state index is 5.74. The van der Waals surface area contributed by atoms with Crippen molar-refractivity contribution in [3.63, 3.8) is 0 Å². The third-order valence-corrected chi connectivity index (χ3v) is 2.25. The van der Waals surface area contributed by atoms with E-state index in [0.29, 0.717) is 11.6 Å². The van der Waals surface area contributed by atoms with E-state index in [-0.39, 0.29) is 11.5 Å². The Morgan fingerprint density at radius 3 is 2.40 bits per heavy atom. The minimum Gasteiger partial charge on any atom is -0.384 e. The van der Waals surface area contributed by atoms with Gasteiger partial charge in [-0.2, -0.15) is 0 Å². The number of methoxy groups -OCH3 is 1. The van der Waals surface area contributed by atoms with Crippen molar-refractivity contribution < 1.29 is 4.74 Å². The SMILES string of the molecule is COC(C)c1nc(N)cc(C(C)(C)C)n1. The van der Waals surface area contributed by atoms with Crippen LogP contribution in [0.15, 0.2) is 6.07 Å². The average molecular weight is 209 g/mol. The molecule has 0 aliphatic rings. The molecule has 2 N–H and O–H groups in total. The maximum Gasteiger partial charge on any atom is 0.159 e. The quantitative estimate of drug-likeness (QED) is 0.810. The molecule has 0 aromatic carbocycles. The summed E-state index contributed by atoms with van der Waals surface area (Å²) in [4.78, 5) is 8.62. The maximum absolute atomic E-state index is 5.74. The second-order valence-corrected chi connectivity index (χ2v) is 4.66. The lowest BCUT2D eigenvalue weighted by Gasteiger charge is -2.19. The molecule has 1 unspecified atom stereocenters. The van der Waals surface area contributed by atoms with E-state index < -0.39 is 0 Å². The van der Waals surface area contributed by atoms with Crippen molar-refractivity contribution in [2.45, 2.75) is 39.2 Å². The van der Waals surface area contributed by atoms with Crippen molar-refractivity contribution in [3.8, 4) is 0 Å². The Kier molecular flexibility index (Phi) is 3.29. The molecule has 84 valence electrons. The van der Waals surface area contributed by atoms with Gasteiger partial charge in [-0.1, -0.05) is 20.8 Å². The first-order valence-electron chi connectivity index (χ1n) is 5.02. The number of nitrogens with two attached hydrogens (primary N) is 1. The van der Waals surface area contributed by atoms with Gasteiger partial charge in [0.05, 0.1) is 5.69 Å². The Morgan fingerprint density at radius 1 is 1.33 bits per heavy atom. The Hall–Kier alpha value is -1.16. The summed E-state index contributed by atoms with van der Waals surface area (Å²) in [6.45, 7) is 8.18. The van der Waals surface area contributed by atoms with Crippen LogP contribution in [0, 0.1) is 0 Å². The van der Waals surface area contributed by atoms with Crippen LogP contribution in [0.3, 0.4) is 0 Å². The van der Waals surface area contributed by atoms with Gasteiger partial charge in [0.2, 0.25) is 0 Å². The predicted octanol–water partition coefficient (Wildman–Crippen LogP) is 2.06. The fourth-order valence-electron chi connectivity index (χ4n) is 1.16. The second-order valence-electron chi connectivity index (χ2n) is 4.66. The first-order chi connectivity index (χ1) is 6.84. The van der Waals surface area contributed by atoms with E-state index in [4.69, 9.17) is 10.5 Å². The van der Waals surface area contributed by atoms with Gasteiger partial charge < -0.3 is 10.5 Å². The Bertz CT molecular complexity index is 344. The summed E-state index contributed by atoms with van der Waals surface area (Å²) in [7, 11) is 1.63. The van der Waals surface area contributed by atoms with Gasteiger partial charge in [-0.3, -0.25) is 0 Å². The van der Waals surface area contributed by atoms with Crippen LogP contribution in [0.2, 0.25) is 0 Å². The molecule has 0 fully saturated rings. The van der Waals surface area contributed by atoms with E-state index in [9.17, 15) is 0 Å². The zero-order valence-corrected chi connectivity index (χ0v) is 10.0. The van der Waals surface area contributed by atoms with Crippen LogP contribution in [0.5, 0.6) is 0 Å². The van der Waals surface area contributed by atoms with Gasteiger partial charge in [0.15, 0.2) is 5.82 Å². The number of nitrogen functional groups attached to an aromatic ring is 1. The number of nitrogens with zero attached hydrogens (tertiary/aromatic N) is 2. The standard InChI is InChI=1S/C11H19N3O/c1-7(15-5)10-13-8(11(2,3)4)6-9(12)14-10/h6-7H,1-5H3,(H2,12,13,14). The van der Waals surface area contributed by atoms with Gasteiger partial charge in [0, 0.05) is 18.6 Å². The molecule has 1 rings (SSSR count). The Balaban J connectivity index is 3.17. The number of aromatic nitrogens is 2. The highest BCUT2D eigenvalue weighted by atomic mass is 16.5. The Morgan fingerprint density at radius 2 is 1.93 bits per heavy atom. The highest BCUT2D eigenvalue weighted by Gasteiger charge is 2.19. The third kappa shape index (κ3) is 2.89. The van der Waals surface area contributed by atoms with E-state index in [1.807, 2.05) is 13.0 Å². The summed E-state index contributed by atoms with van der Waals surface area (Å²) in [6, 6.07) is 1.81. The summed E-state index contributed by atoms with van der Waals surface area (Å²) in [5.74, 6) is 1.14. The number of hydrogen-bond donors (Lipinski definition) is 1. The van der Waals surface area contributed by atoms with Gasteiger partial charge in [0.25, 0.3) is 0 Å².